The van der Waals surface area contributed by atoms with Crippen molar-refractivity contribution in [2.24, 2.45) is 15.9 Å². The number of carbonyl (C=O) groups excluding carboxylic acids is 2. The van der Waals surface area contributed by atoms with Gasteiger partial charge >= 0.3 is 6.03 Å². The first-order valence-corrected chi connectivity index (χ1v) is 10.3. The summed E-state index contributed by atoms with van der Waals surface area (Å²) in [6, 6.07) is 8.38. The maximum absolute atomic E-state index is 12.7. The van der Waals surface area contributed by atoms with E-state index in [2.05, 4.69) is 25.7 Å². The number of aliphatic imine (C=N–C) groups is 2. The molecule has 1 fully saturated rings. The van der Waals surface area contributed by atoms with Crippen LogP contribution >= 0.6 is 0 Å². The van der Waals surface area contributed by atoms with Crippen LogP contribution in [0.3, 0.4) is 0 Å². The zero-order valence-corrected chi connectivity index (χ0v) is 18.1. The number of hydrogen-bond donors (Lipinski definition) is 2. The highest BCUT2D eigenvalue weighted by Gasteiger charge is 2.34. The second-order valence-corrected chi connectivity index (χ2v) is 8.69. The highest BCUT2D eigenvalue weighted by Crippen LogP contribution is 2.29. The molecule has 1 aliphatic heterocycles. The number of anilines is 2. The molecule has 162 valence electrons. The maximum atomic E-state index is 12.7. The number of rotatable bonds is 3. The van der Waals surface area contributed by atoms with Crippen molar-refractivity contribution in [2.75, 3.05) is 17.7 Å². The van der Waals surface area contributed by atoms with Crippen molar-refractivity contribution in [3.05, 3.63) is 36.0 Å². The molecule has 1 aliphatic carbocycles. The Morgan fingerprint density at radius 3 is 2.74 bits per heavy atom. The van der Waals surface area contributed by atoms with Gasteiger partial charge in [-0.05, 0) is 31.4 Å². The van der Waals surface area contributed by atoms with Crippen molar-refractivity contribution >= 4 is 35.1 Å². The molecule has 0 radical (unpaired) electrons. The van der Waals surface area contributed by atoms with Crippen molar-refractivity contribution in [1.29, 1.82) is 0 Å². The lowest BCUT2D eigenvalue weighted by Gasteiger charge is -2.16. The standard InChI is InChI=1S/C22H26N6O3/c1-22(2,3)17-12-18(25-21(30)23-13-7-5-8-14(11-13)31-4)28(27-17)20-24-16-10-6-9-15(16)19(29)26-20/h5,7-8,11-12,15H,6,9-10H2,1-4H3,(H2,23,25,30). The highest BCUT2D eigenvalue weighted by molar-refractivity contribution is 6.17. The van der Waals surface area contributed by atoms with Crippen LogP contribution in [0.2, 0.25) is 0 Å². The topological polar surface area (TPSA) is 110 Å². The Hall–Kier alpha value is -3.49. The normalized spacial score (nSPS) is 18.2. The van der Waals surface area contributed by atoms with Crippen LogP contribution in [0.4, 0.5) is 16.3 Å². The van der Waals surface area contributed by atoms with Gasteiger partial charge in [0.1, 0.15) is 11.6 Å². The third kappa shape index (κ3) is 4.35. The molecule has 1 aromatic heterocycles. The number of fused-ring (bicyclic) bond motifs is 1. The van der Waals surface area contributed by atoms with Crippen LogP contribution < -0.4 is 15.4 Å². The number of ether oxygens (including phenoxy) is 1. The minimum Gasteiger partial charge on any atom is -0.497 e. The van der Waals surface area contributed by atoms with E-state index < -0.39 is 6.03 Å². The van der Waals surface area contributed by atoms with Crippen molar-refractivity contribution in [3.8, 4) is 5.75 Å². The molecule has 31 heavy (non-hydrogen) atoms. The monoisotopic (exact) mass is 422 g/mol. The number of methoxy groups -OCH3 is 1. The molecule has 9 heteroatoms. The van der Waals surface area contributed by atoms with E-state index in [-0.39, 0.29) is 23.2 Å². The molecule has 2 heterocycles. The predicted octanol–water partition coefficient (Wildman–Crippen LogP) is 3.82. The van der Waals surface area contributed by atoms with E-state index in [0.717, 1.165) is 30.7 Å². The average Bonchev–Trinajstić information content (AvgIpc) is 3.35. The molecule has 9 nitrogen and oxygen atoms in total. The van der Waals surface area contributed by atoms with Gasteiger partial charge in [-0.15, -0.1) is 0 Å². The Morgan fingerprint density at radius 1 is 1.19 bits per heavy atom. The minimum atomic E-state index is -0.455. The highest BCUT2D eigenvalue weighted by atomic mass is 16.5. The van der Waals surface area contributed by atoms with Gasteiger partial charge in [-0.1, -0.05) is 26.8 Å². The fraction of sp³-hybridized carbons (Fsp3) is 0.409. The maximum Gasteiger partial charge on any atom is 0.324 e. The summed E-state index contributed by atoms with van der Waals surface area (Å²) in [5.41, 5.74) is 1.90. The summed E-state index contributed by atoms with van der Waals surface area (Å²) in [6.45, 7) is 6.06. The third-order valence-corrected chi connectivity index (χ3v) is 5.32. The molecular formula is C22H26N6O3. The Bertz CT molecular complexity index is 1090. The van der Waals surface area contributed by atoms with Crippen molar-refractivity contribution in [1.82, 2.24) is 9.78 Å². The SMILES string of the molecule is COc1cccc(NC(=O)Nc2cc(C(C)(C)C)nn2C2=NC(=O)C3CCCC3=N2)c1. The molecule has 2 aliphatic rings. The van der Waals surface area contributed by atoms with E-state index >= 15 is 0 Å². The summed E-state index contributed by atoms with van der Waals surface area (Å²) in [5.74, 6) is 0.795. The van der Waals surface area contributed by atoms with Gasteiger partial charge in [0.05, 0.1) is 18.7 Å². The number of benzene rings is 1. The van der Waals surface area contributed by atoms with Gasteiger partial charge in [0, 0.05) is 28.9 Å². The number of amides is 3. The summed E-state index contributed by atoms with van der Waals surface area (Å²) >= 11 is 0. The van der Waals surface area contributed by atoms with E-state index in [1.54, 1.807) is 37.4 Å². The number of aromatic nitrogens is 2. The van der Waals surface area contributed by atoms with Crippen LogP contribution in [0, 0.1) is 5.92 Å². The summed E-state index contributed by atoms with van der Waals surface area (Å²) in [4.78, 5) is 33.9. The number of carbonyl (C=O) groups is 2. The molecule has 0 saturated heterocycles. The molecule has 1 aromatic carbocycles. The van der Waals surface area contributed by atoms with Crippen molar-refractivity contribution < 1.29 is 14.3 Å². The van der Waals surface area contributed by atoms with Crippen molar-refractivity contribution in [2.45, 2.75) is 45.4 Å². The number of nitrogens with zero attached hydrogens (tertiary/aromatic N) is 4. The molecular weight excluding hydrogens is 396 g/mol. The lowest BCUT2D eigenvalue weighted by molar-refractivity contribution is -0.119. The fourth-order valence-corrected chi connectivity index (χ4v) is 3.62. The molecule has 1 atom stereocenters. The van der Waals surface area contributed by atoms with Crippen LogP contribution in [0.1, 0.15) is 45.7 Å². The van der Waals surface area contributed by atoms with Gasteiger partial charge in [-0.2, -0.15) is 14.8 Å². The largest absolute Gasteiger partial charge is 0.497 e. The summed E-state index contributed by atoms with van der Waals surface area (Å²) < 4.78 is 6.63. The van der Waals surface area contributed by atoms with Gasteiger partial charge in [-0.3, -0.25) is 10.1 Å². The van der Waals surface area contributed by atoms with Gasteiger partial charge < -0.3 is 10.1 Å². The van der Waals surface area contributed by atoms with Crippen LogP contribution in [0.15, 0.2) is 40.3 Å². The van der Waals surface area contributed by atoms with Crippen LogP contribution in [-0.4, -0.2) is 40.5 Å². The van der Waals surface area contributed by atoms with E-state index in [1.165, 1.54) is 4.68 Å². The van der Waals surface area contributed by atoms with E-state index in [0.29, 0.717) is 17.3 Å². The first-order valence-electron chi connectivity index (χ1n) is 10.3. The molecule has 4 rings (SSSR count). The number of urea groups is 1. The van der Waals surface area contributed by atoms with Gasteiger partial charge in [0.2, 0.25) is 0 Å². The molecule has 2 aromatic rings. The number of hydrogen-bond acceptors (Lipinski definition) is 5. The molecule has 2 N–H and O–H groups in total. The Labute approximate surface area is 180 Å². The fourth-order valence-electron chi connectivity index (χ4n) is 3.62. The van der Waals surface area contributed by atoms with Gasteiger partial charge in [-0.25, -0.2) is 9.79 Å². The molecule has 0 bridgehead atoms. The molecule has 3 amide bonds. The molecule has 0 spiro atoms. The lowest BCUT2D eigenvalue weighted by Crippen LogP contribution is -2.29. The lowest BCUT2D eigenvalue weighted by atomic mass is 9.92. The Kier molecular flexibility index (Phi) is 5.34. The summed E-state index contributed by atoms with van der Waals surface area (Å²) in [7, 11) is 1.56. The summed E-state index contributed by atoms with van der Waals surface area (Å²) in [5, 5.41) is 10.2. The average molecular weight is 422 g/mol. The van der Waals surface area contributed by atoms with E-state index in [4.69, 9.17) is 4.74 Å². The Balaban J connectivity index is 1.63. The second kappa shape index (κ2) is 7.98. The quantitative estimate of drug-likeness (QED) is 0.783. The molecule has 1 saturated carbocycles. The minimum absolute atomic E-state index is 0.185. The first-order chi connectivity index (χ1) is 14.7. The second-order valence-electron chi connectivity index (χ2n) is 8.69. The van der Waals surface area contributed by atoms with Gasteiger partial charge in [0.25, 0.3) is 11.9 Å². The third-order valence-electron chi connectivity index (χ3n) is 5.32. The zero-order chi connectivity index (χ0) is 22.2. The predicted molar refractivity (Wildman–Crippen MR) is 119 cm³/mol. The van der Waals surface area contributed by atoms with E-state index in [9.17, 15) is 9.59 Å². The van der Waals surface area contributed by atoms with Crippen LogP contribution in [0.5, 0.6) is 5.75 Å². The Morgan fingerprint density at radius 2 is 2.00 bits per heavy atom. The summed E-state index contributed by atoms with van der Waals surface area (Å²) in [6.07, 6.45) is 2.50. The van der Waals surface area contributed by atoms with Crippen LogP contribution in [-0.2, 0) is 10.2 Å². The van der Waals surface area contributed by atoms with Crippen LogP contribution in [0.25, 0.3) is 0 Å². The first kappa shape index (κ1) is 20.8. The van der Waals surface area contributed by atoms with E-state index in [1.807, 2.05) is 20.8 Å². The molecule has 1 unspecified atom stereocenters. The smallest absolute Gasteiger partial charge is 0.324 e. The zero-order valence-electron chi connectivity index (χ0n) is 18.1. The van der Waals surface area contributed by atoms with Gasteiger partial charge in [0.15, 0.2) is 0 Å². The number of nitrogens with one attached hydrogen (secondary N) is 2. The van der Waals surface area contributed by atoms with Crippen molar-refractivity contribution in [3.63, 3.8) is 0 Å².